The second kappa shape index (κ2) is 9.73. The molecule has 5 aromatic rings. The van der Waals surface area contributed by atoms with E-state index in [0.717, 1.165) is 34.5 Å². The Morgan fingerprint density at radius 3 is 2.78 bits per heavy atom. The quantitative estimate of drug-likeness (QED) is 0.357. The van der Waals surface area contributed by atoms with Crippen LogP contribution in [0.3, 0.4) is 0 Å². The van der Waals surface area contributed by atoms with Crippen LogP contribution in [0.1, 0.15) is 28.6 Å². The van der Waals surface area contributed by atoms with Crippen molar-refractivity contribution in [1.82, 2.24) is 35.1 Å². The lowest BCUT2D eigenvalue weighted by Gasteiger charge is -2.29. The maximum Gasteiger partial charge on any atom is 0.244 e. The number of H-pyrrole nitrogens is 1. The maximum absolute atomic E-state index is 13.3. The highest BCUT2D eigenvalue weighted by Gasteiger charge is 2.26. The predicted octanol–water partition coefficient (Wildman–Crippen LogP) is 3.34. The van der Waals surface area contributed by atoms with E-state index in [1.54, 1.807) is 18.1 Å². The van der Waals surface area contributed by atoms with Gasteiger partial charge in [0, 0.05) is 18.8 Å². The second-order valence-corrected chi connectivity index (χ2v) is 9.01. The normalized spacial score (nSPS) is 13.8. The summed E-state index contributed by atoms with van der Waals surface area (Å²) < 4.78 is 6.92. The topological polar surface area (TPSA) is 114 Å². The Kier molecular flexibility index (Phi) is 5.97. The van der Waals surface area contributed by atoms with E-state index in [9.17, 15) is 4.79 Å². The summed E-state index contributed by atoms with van der Waals surface area (Å²) in [5, 5.41) is 16.0. The maximum atomic E-state index is 13.3. The van der Waals surface area contributed by atoms with Crippen molar-refractivity contribution in [1.29, 1.82) is 0 Å². The third kappa shape index (κ3) is 4.61. The molecule has 37 heavy (non-hydrogen) atoms. The zero-order valence-electron chi connectivity index (χ0n) is 20.3. The molecule has 10 heteroatoms. The Morgan fingerprint density at radius 1 is 1.11 bits per heavy atom. The average Bonchev–Trinajstić information content (AvgIpc) is 3.60. The third-order valence-corrected chi connectivity index (χ3v) is 6.77. The molecule has 0 saturated heterocycles. The fraction of sp³-hybridized carbons (Fsp3) is 0.222. The number of nitrogens with one attached hydrogen (secondary N) is 2. The van der Waals surface area contributed by atoms with Gasteiger partial charge >= 0.3 is 0 Å². The molecule has 0 radical (unpaired) electrons. The number of ether oxygens (including phenoxy) is 1. The van der Waals surface area contributed by atoms with Gasteiger partial charge in [-0.2, -0.15) is 0 Å². The molecule has 0 spiro atoms. The summed E-state index contributed by atoms with van der Waals surface area (Å²) in [6.07, 6.45) is 2.51. The van der Waals surface area contributed by atoms with E-state index in [4.69, 9.17) is 4.74 Å². The van der Waals surface area contributed by atoms with Gasteiger partial charge in [-0.15, -0.1) is 5.10 Å². The van der Waals surface area contributed by atoms with E-state index in [1.807, 2.05) is 59.5 Å². The van der Waals surface area contributed by atoms with Crippen molar-refractivity contribution in [2.75, 3.05) is 19.0 Å². The molecule has 1 amide bonds. The van der Waals surface area contributed by atoms with Gasteiger partial charge < -0.3 is 19.9 Å². The number of benzene rings is 3. The van der Waals surface area contributed by atoms with Crippen molar-refractivity contribution in [3.05, 3.63) is 95.6 Å². The number of tetrazole rings is 1. The number of methoxy groups -OCH3 is 1. The van der Waals surface area contributed by atoms with E-state index in [2.05, 4.69) is 42.9 Å². The summed E-state index contributed by atoms with van der Waals surface area (Å²) in [6.45, 7) is 1.33. The fourth-order valence-corrected chi connectivity index (χ4v) is 4.75. The molecule has 10 nitrogen and oxygen atoms in total. The van der Waals surface area contributed by atoms with E-state index in [-0.39, 0.29) is 12.5 Å². The second-order valence-electron chi connectivity index (χ2n) is 9.01. The van der Waals surface area contributed by atoms with E-state index in [0.29, 0.717) is 18.9 Å². The number of fused-ring (bicyclic) bond motifs is 2. The zero-order valence-corrected chi connectivity index (χ0v) is 20.3. The zero-order chi connectivity index (χ0) is 25.2. The van der Waals surface area contributed by atoms with Gasteiger partial charge in [-0.3, -0.25) is 4.79 Å². The summed E-state index contributed by atoms with van der Waals surface area (Å²) in [5.41, 5.74) is 6.08. The van der Waals surface area contributed by atoms with Gasteiger partial charge in [-0.25, -0.2) is 9.67 Å². The van der Waals surface area contributed by atoms with Crippen molar-refractivity contribution < 1.29 is 9.53 Å². The molecule has 1 aliphatic heterocycles. The molecule has 0 bridgehead atoms. The Balaban J connectivity index is 1.28. The number of hydrogen-bond acceptors (Lipinski definition) is 7. The summed E-state index contributed by atoms with van der Waals surface area (Å²) in [4.78, 5) is 22.6. The lowest BCUT2D eigenvalue weighted by molar-refractivity contribution is -0.133. The molecule has 0 fully saturated rings. The van der Waals surface area contributed by atoms with E-state index >= 15 is 0 Å². The Bertz CT molecular complexity index is 1540. The highest BCUT2D eigenvalue weighted by molar-refractivity contribution is 5.79. The van der Waals surface area contributed by atoms with Crippen LogP contribution in [-0.4, -0.2) is 54.6 Å². The van der Waals surface area contributed by atoms with Crippen molar-refractivity contribution >= 4 is 22.6 Å². The van der Waals surface area contributed by atoms with Crippen LogP contribution in [-0.2, 0) is 24.3 Å². The molecule has 2 aromatic heterocycles. The number of nitrogens with zero attached hydrogens (tertiary/aromatic N) is 6. The van der Waals surface area contributed by atoms with Gasteiger partial charge in [0.15, 0.2) is 5.82 Å². The first-order valence-electron chi connectivity index (χ1n) is 12.1. The molecule has 1 aliphatic rings. The van der Waals surface area contributed by atoms with Gasteiger partial charge in [-0.1, -0.05) is 36.4 Å². The van der Waals surface area contributed by atoms with Gasteiger partial charge in [0.1, 0.15) is 18.3 Å². The third-order valence-electron chi connectivity index (χ3n) is 6.77. The molecule has 3 heterocycles. The average molecular weight is 495 g/mol. The molecule has 6 rings (SSSR count). The van der Waals surface area contributed by atoms with E-state index in [1.165, 1.54) is 11.1 Å². The summed E-state index contributed by atoms with van der Waals surface area (Å²) in [6, 6.07) is 21.5. The number of anilines is 1. The number of carbonyl (C=O) groups is 1. The standard InChI is InChI=1S/C27H26N8O2/c1-37-22-9-6-19(7-10-22)26(30-21-8-11-23-24(14-21)29-17-28-23)27-31-32-33-35(27)16-25(36)34-13-12-18-4-2-3-5-20(18)15-34/h2-11,14,17,26,30H,12-13,15-16H2,1H3,(H,28,29). The van der Waals surface area contributed by atoms with Crippen LogP contribution < -0.4 is 10.1 Å². The number of hydrogen-bond donors (Lipinski definition) is 2. The van der Waals surface area contributed by atoms with E-state index < -0.39 is 6.04 Å². The first kappa shape index (κ1) is 22.7. The smallest absolute Gasteiger partial charge is 0.244 e. The Morgan fingerprint density at radius 2 is 1.95 bits per heavy atom. The minimum absolute atomic E-state index is 0.0181. The van der Waals surface area contributed by atoms with Crippen molar-refractivity contribution in [3.63, 3.8) is 0 Å². The predicted molar refractivity (Wildman–Crippen MR) is 138 cm³/mol. The SMILES string of the molecule is COc1ccc(C(Nc2ccc3nc[nH]c3c2)c2nnnn2CC(=O)N2CCc3ccccc3C2)cc1. The first-order chi connectivity index (χ1) is 18.2. The van der Waals surface area contributed by atoms with Crippen LogP contribution in [0.15, 0.2) is 73.1 Å². The number of aromatic nitrogens is 6. The summed E-state index contributed by atoms with van der Waals surface area (Å²) >= 11 is 0. The number of rotatable bonds is 7. The van der Waals surface area contributed by atoms with Crippen LogP contribution in [0.4, 0.5) is 5.69 Å². The van der Waals surface area contributed by atoms with Crippen LogP contribution in [0.5, 0.6) is 5.75 Å². The molecule has 3 aromatic carbocycles. The summed E-state index contributed by atoms with van der Waals surface area (Å²) in [7, 11) is 1.63. The Hall–Kier alpha value is -4.73. The monoisotopic (exact) mass is 494 g/mol. The van der Waals surface area contributed by atoms with Gasteiger partial charge in [0.2, 0.25) is 5.91 Å². The van der Waals surface area contributed by atoms with Crippen molar-refractivity contribution in [2.24, 2.45) is 0 Å². The van der Waals surface area contributed by atoms with Gasteiger partial charge in [0.05, 0.1) is 24.5 Å². The lowest BCUT2D eigenvalue weighted by atomic mass is 10.00. The van der Waals surface area contributed by atoms with Gasteiger partial charge in [0.25, 0.3) is 0 Å². The molecular formula is C27H26N8O2. The highest BCUT2D eigenvalue weighted by atomic mass is 16.5. The molecule has 1 atom stereocenters. The van der Waals surface area contributed by atoms with Crippen molar-refractivity contribution in [2.45, 2.75) is 25.6 Å². The number of carbonyl (C=O) groups excluding carboxylic acids is 1. The van der Waals surface area contributed by atoms with Crippen molar-refractivity contribution in [3.8, 4) is 5.75 Å². The van der Waals surface area contributed by atoms with Crippen LogP contribution in [0.25, 0.3) is 11.0 Å². The summed E-state index contributed by atoms with van der Waals surface area (Å²) in [5.74, 6) is 1.28. The van der Waals surface area contributed by atoms with Crippen LogP contribution in [0.2, 0.25) is 0 Å². The molecule has 0 saturated carbocycles. The van der Waals surface area contributed by atoms with Gasteiger partial charge in [-0.05, 0) is 63.9 Å². The number of aromatic amines is 1. The minimum atomic E-state index is -0.406. The fourth-order valence-electron chi connectivity index (χ4n) is 4.75. The number of imidazole rings is 1. The highest BCUT2D eigenvalue weighted by Crippen LogP contribution is 2.28. The largest absolute Gasteiger partial charge is 0.497 e. The first-order valence-corrected chi connectivity index (χ1v) is 12.1. The number of amides is 1. The van der Waals surface area contributed by atoms with Crippen LogP contribution >= 0.6 is 0 Å². The molecule has 186 valence electrons. The lowest BCUT2D eigenvalue weighted by Crippen LogP contribution is -2.38. The molecular weight excluding hydrogens is 468 g/mol. The minimum Gasteiger partial charge on any atom is -0.497 e. The Labute approximate surface area is 213 Å². The molecule has 1 unspecified atom stereocenters. The molecule has 2 N–H and O–H groups in total. The molecule has 0 aliphatic carbocycles. The van der Waals surface area contributed by atoms with Crippen LogP contribution in [0, 0.1) is 0 Å².